The quantitative estimate of drug-likeness (QED) is 0.438. The lowest BCUT2D eigenvalue weighted by atomic mass is 10.0. The van der Waals surface area contributed by atoms with Crippen LogP contribution in [0.1, 0.15) is 22.8 Å². The number of hydrogen-bond acceptors (Lipinski definition) is 8. The number of aromatic amines is 1. The van der Waals surface area contributed by atoms with Gasteiger partial charge < -0.3 is 19.6 Å². The summed E-state index contributed by atoms with van der Waals surface area (Å²) in [7, 11) is 3.40. The first-order valence-electron chi connectivity index (χ1n) is 9.91. The Labute approximate surface area is 182 Å². The van der Waals surface area contributed by atoms with Crippen LogP contribution in [0.5, 0.6) is 5.75 Å². The van der Waals surface area contributed by atoms with E-state index >= 15 is 0 Å². The SMILES string of the molecule is COc1cc2c(cc1-c1c(C)noc1C)[nH]c1nc(C)nc(Nc3c(C#N)cnn3C)c12. The predicted molar refractivity (Wildman–Crippen MR) is 119 cm³/mol. The molecule has 0 spiro atoms. The number of nitriles is 1. The normalized spacial score (nSPS) is 11.2. The van der Waals surface area contributed by atoms with Gasteiger partial charge in [0.05, 0.1) is 30.0 Å². The summed E-state index contributed by atoms with van der Waals surface area (Å²) in [4.78, 5) is 12.6. The summed E-state index contributed by atoms with van der Waals surface area (Å²) >= 11 is 0. The molecule has 0 saturated heterocycles. The number of benzene rings is 1. The summed E-state index contributed by atoms with van der Waals surface area (Å²) in [6, 6.07) is 6.11. The highest BCUT2D eigenvalue weighted by atomic mass is 16.5. The molecule has 2 N–H and O–H groups in total. The summed E-state index contributed by atoms with van der Waals surface area (Å²) in [5.41, 5.74) is 4.53. The first-order valence-corrected chi connectivity index (χ1v) is 9.91. The highest BCUT2D eigenvalue weighted by molar-refractivity contribution is 6.13. The van der Waals surface area contributed by atoms with Crippen LogP contribution < -0.4 is 10.1 Å². The number of H-pyrrole nitrogens is 1. The van der Waals surface area contributed by atoms with Crippen molar-refractivity contribution in [3.63, 3.8) is 0 Å². The van der Waals surface area contributed by atoms with Crippen LogP contribution in [0.15, 0.2) is 22.9 Å². The topological polar surface area (TPSA) is 130 Å². The maximum atomic E-state index is 9.43. The fraction of sp³-hybridized carbons (Fsp3) is 0.227. The molecule has 10 heteroatoms. The van der Waals surface area contributed by atoms with E-state index in [0.29, 0.717) is 34.4 Å². The molecule has 32 heavy (non-hydrogen) atoms. The Balaban J connectivity index is 1.78. The molecule has 0 aliphatic carbocycles. The Morgan fingerprint density at radius 2 is 2.03 bits per heavy atom. The number of aromatic nitrogens is 6. The van der Waals surface area contributed by atoms with Crippen molar-refractivity contribution in [2.45, 2.75) is 20.8 Å². The average molecular weight is 428 g/mol. The number of anilines is 2. The van der Waals surface area contributed by atoms with Crippen molar-refractivity contribution in [2.24, 2.45) is 7.05 Å². The van der Waals surface area contributed by atoms with Crippen LogP contribution in [0.25, 0.3) is 33.1 Å². The molecule has 4 heterocycles. The van der Waals surface area contributed by atoms with Gasteiger partial charge >= 0.3 is 0 Å². The Morgan fingerprint density at radius 1 is 1.22 bits per heavy atom. The number of ether oxygens (including phenoxy) is 1. The van der Waals surface area contributed by atoms with Crippen LogP contribution in [-0.4, -0.2) is 37.0 Å². The lowest BCUT2D eigenvalue weighted by Gasteiger charge is -2.10. The standard InChI is InChI=1S/C22H20N8O2/c1-10-18(11(2)32-29-10)15-6-16-14(7-17(15)31-5)19-20(27-16)25-12(3)26-21(19)28-22-13(8-23)9-24-30(22)4/h6-7,9H,1-5H3,(H2,25,26,27,28). The number of methoxy groups -OCH3 is 1. The van der Waals surface area contributed by atoms with Gasteiger partial charge in [-0.2, -0.15) is 10.4 Å². The van der Waals surface area contributed by atoms with E-state index in [1.807, 2.05) is 32.9 Å². The molecular weight excluding hydrogens is 408 g/mol. The Kier molecular flexibility index (Phi) is 4.34. The molecule has 0 atom stereocenters. The third-order valence-corrected chi connectivity index (χ3v) is 5.48. The summed E-state index contributed by atoms with van der Waals surface area (Å²) in [5.74, 6) is 3.11. The van der Waals surface area contributed by atoms with Crippen LogP contribution in [0.2, 0.25) is 0 Å². The van der Waals surface area contributed by atoms with Crippen LogP contribution in [-0.2, 0) is 7.05 Å². The largest absolute Gasteiger partial charge is 0.496 e. The molecule has 0 fully saturated rings. The second-order valence-corrected chi connectivity index (χ2v) is 7.53. The number of nitrogens with one attached hydrogen (secondary N) is 2. The first-order chi connectivity index (χ1) is 15.4. The summed E-state index contributed by atoms with van der Waals surface area (Å²) in [6.45, 7) is 5.60. The zero-order chi connectivity index (χ0) is 22.6. The minimum atomic E-state index is 0.426. The molecule has 0 aliphatic heterocycles. The van der Waals surface area contributed by atoms with Crippen LogP contribution in [0, 0.1) is 32.1 Å². The molecule has 10 nitrogen and oxygen atoms in total. The maximum absolute atomic E-state index is 9.43. The smallest absolute Gasteiger partial charge is 0.147 e. The second-order valence-electron chi connectivity index (χ2n) is 7.53. The van der Waals surface area contributed by atoms with Gasteiger partial charge in [0, 0.05) is 23.5 Å². The number of fused-ring (bicyclic) bond motifs is 3. The van der Waals surface area contributed by atoms with Crippen molar-refractivity contribution in [3.8, 4) is 22.9 Å². The van der Waals surface area contributed by atoms with Crippen molar-refractivity contribution in [1.29, 1.82) is 5.26 Å². The molecular formula is C22H20N8O2. The summed E-state index contributed by atoms with van der Waals surface area (Å²) < 4.78 is 12.7. The van der Waals surface area contributed by atoms with Crippen molar-refractivity contribution in [2.75, 3.05) is 12.4 Å². The monoisotopic (exact) mass is 428 g/mol. The fourth-order valence-electron chi connectivity index (χ4n) is 4.04. The molecule has 0 bridgehead atoms. The van der Waals surface area contributed by atoms with E-state index in [9.17, 15) is 5.26 Å². The molecule has 1 aromatic carbocycles. The van der Waals surface area contributed by atoms with Crippen molar-refractivity contribution < 1.29 is 9.26 Å². The Hall–Kier alpha value is -4.39. The van der Waals surface area contributed by atoms with E-state index in [2.05, 4.69) is 36.6 Å². The number of rotatable bonds is 4. The number of nitrogens with zero attached hydrogens (tertiary/aromatic N) is 6. The molecule has 160 valence electrons. The average Bonchev–Trinajstić information content (AvgIpc) is 3.41. The van der Waals surface area contributed by atoms with E-state index in [4.69, 9.17) is 9.26 Å². The maximum Gasteiger partial charge on any atom is 0.147 e. The highest BCUT2D eigenvalue weighted by Gasteiger charge is 2.21. The molecule has 0 aliphatic rings. The zero-order valence-electron chi connectivity index (χ0n) is 18.2. The molecule has 5 aromatic rings. The molecule has 0 saturated carbocycles. The lowest BCUT2D eigenvalue weighted by Crippen LogP contribution is -2.04. The van der Waals surface area contributed by atoms with E-state index in [1.54, 1.807) is 18.8 Å². The minimum absolute atomic E-state index is 0.426. The number of aryl methyl sites for hydroxylation is 4. The van der Waals surface area contributed by atoms with E-state index in [1.165, 1.54) is 6.20 Å². The fourth-order valence-corrected chi connectivity index (χ4v) is 4.04. The molecule has 0 amide bonds. The van der Waals surface area contributed by atoms with Gasteiger partial charge in [0.25, 0.3) is 0 Å². The zero-order valence-corrected chi connectivity index (χ0v) is 18.2. The summed E-state index contributed by atoms with van der Waals surface area (Å²) in [5, 5.41) is 22.6. The molecule has 0 unspecified atom stereocenters. The lowest BCUT2D eigenvalue weighted by molar-refractivity contribution is 0.393. The van der Waals surface area contributed by atoms with E-state index in [0.717, 1.165) is 38.9 Å². The van der Waals surface area contributed by atoms with Crippen LogP contribution in [0.4, 0.5) is 11.6 Å². The van der Waals surface area contributed by atoms with Gasteiger partial charge in [-0.05, 0) is 32.9 Å². The second kappa shape index (κ2) is 7.09. The highest BCUT2D eigenvalue weighted by Crippen LogP contribution is 2.41. The van der Waals surface area contributed by atoms with Crippen molar-refractivity contribution >= 4 is 33.6 Å². The van der Waals surface area contributed by atoms with Crippen molar-refractivity contribution in [1.82, 2.24) is 29.9 Å². The van der Waals surface area contributed by atoms with Gasteiger partial charge in [0.15, 0.2) is 0 Å². The van der Waals surface area contributed by atoms with E-state index in [-0.39, 0.29) is 0 Å². The van der Waals surface area contributed by atoms with Gasteiger partial charge in [-0.25, -0.2) is 9.97 Å². The van der Waals surface area contributed by atoms with Gasteiger partial charge in [-0.3, -0.25) is 4.68 Å². The van der Waals surface area contributed by atoms with Crippen LogP contribution >= 0.6 is 0 Å². The first kappa shape index (κ1) is 19.6. The van der Waals surface area contributed by atoms with Gasteiger partial charge in [-0.15, -0.1) is 0 Å². The Bertz CT molecular complexity index is 1530. The van der Waals surface area contributed by atoms with Gasteiger partial charge in [-0.1, -0.05) is 5.16 Å². The molecule has 0 radical (unpaired) electrons. The van der Waals surface area contributed by atoms with Crippen LogP contribution in [0.3, 0.4) is 0 Å². The number of hydrogen-bond donors (Lipinski definition) is 2. The third-order valence-electron chi connectivity index (χ3n) is 5.48. The van der Waals surface area contributed by atoms with Gasteiger partial charge in [0.1, 0.15) is 46.2 Å². The third kappa shape index (κ3) is 2.86. The minimum Gasteiger partial charge on any atom is -0.496 e. The predicted octanol–water partition coefficient (Wildman–Crippen LogP) is 4.05. The van der Waals surface area contributed by atoms with E-state index < -0.39 is 0 Å². The Morgan fingerprint density at radius 3 is 2.72 bits per heavy atom. The molecule has 5 rings (SSSR count). The van der Waals surface area contributed by atoms with Crippen molar-refractivity contribution in [3.05, 3.63) is 41.2 Å². The molecule has 4 aromatic heterocycles. The van der Waals surface area contributed by atoms with Gasteiger partial charge in [0.2, 0.25) is 0 Å². The summed E-state index contributed by atoms with van der Waals surface area (Å²) in [6.07, 6.45) is 1.52.